The molecule has 1 amide bonds. The van der Waals surface area contributed by atoms with Crippen LogP contribution in [0, 0.1) is 0 Å². The molecule has 0 aliphatic carbocycles. The fraction of sp³-hybridized carbons (Fsp3) is 0. The Morgan fingerprint density at radius 3 is 2.29 bits per heavy atom. The van der Waals surface area contributed by atoms with Crippen molar-refractivity contribution in [3.8, 4) is 11.5 Å². The molecular weight excluding hydrogens is 424 g/mol. The zero-order chi connectivity index (χ0) is 19.7. The number of hydrazone groups is 1. The second-order valence-electron chi connectivity index (χ2n) is 6.01. The van der Waals surface area contributed by atoms with E-state index in [2.05, 4.69) is 26.5 Å². The minimum atomic E-state index is -0.474. The number of anilines is 1. The van der Waals surface area contributed by atoms with E-state index in [1.807, 2.05) is 12.1 Å². The van der Waals surface area contributed by atoms with Gasteiger partial charge in [0.15, 0.2) is 5.84 Å². The summed E-state index contributed by atoms with van der Waals surface area (Å²) >= 11 is 3.39. The summed E-state index contributed by atoms with van der Waals surface area (Å²) in [5.41, 5.74) is 4.44. The fourth-order valence-corrected chi connectivity index (χ4v) is 2.97. The summed E-state index contributed by atoms with van der Waals surface area (Å²) in [7, 11) is 0. The molecule has 0 radical (unpaired) electrons. The molecule has 0 fully saturated rings. The molecule has 0 unspecified atom stereocenters. The summed E-state index contributed by atoms with van der Waals surface area (Å²) < 4.78 is 0.893. The third-order valence-electron chi connectivity index (χ3n) is 4.12. The predicted molar refractivity (Wildman–Crippen MR) is 109 cm³/mol. The minimum Gasteiger partial charge on any atom is -0.508 e. The van der Waals surface area contributed by atoms with Gasteiger partial charge in [0.25, 0.3) is 5.91 Å². The van der Waals surface area contributed by atoms with Crippen molar-refractivity contribution in [2.75, 3.05) is 5.12 Å². The van der Waals surface area contributed by atoms with Crippen molar-refractivity contribution < 1.29 is 15.0 Å². The summed E-state index contributed by atoms with van der Waals surface area (Å²) in [5, 5.41) is 26.7. The lowest BCUT2D eigenvalue weighted by Gasteiger charge is -2.26. The highest BCUT2D eigenvalue weighted by atomic mass is 79.9. The monoisotopic (exact) mass is 438 g/mol. The number of phenolic OH excluding ortho intramolecular Hbond substituents is 2. The zero-order valence-electron chi connectivity index (χ0n) is 14.5. The van der Waals surface area contributed by atoms with Crippen LogP contribution >= 0.6 is 15.9 Å². The number of amides is 1. The van der Waals surface area contributed by atoms with Crippen LogP contribution in [-0.2, 0) is 0 Å². The first-order valence-corrected chi connectivity index (χ1v) is 9.15. The van der Waals surface area contributed by atoms with Gasteiger partial charge in [0.1, 0.15) is 11.5 Å². The van der Waals surface area contributed by atoms with Gasteiger partial charge in [0, 0.05) is 10.0 Å². The van der Waals surface area contributed by atoms with E-state index in [4.69, 9.17) is 0 Å². The van der Waals surface area contributed by atoms with Gasteiger partial charge in [-0.2, -0.15) is 0 Å². The Morgan fingerprint density at radius 2 is 1.61 bits per heavy atom. The number of hydrogen-bond acceptors (Lipinski definition) is 6. The highest BCUT2D eigenvalue weighted by Gasteiger charge is 2.32. The second kappa shape index (κ2) is 7.24. The number of benzene rings is 3. The molecule has 0 aromatic heterocycles. The smallest absolute Gasteiger partial charge is 0.297 e. The summed E-state index contributed by atoms with van der Waals surface area (Å²) in [6, 6.07) is 20.1. The molecule has 0 atom stereocenters. The van der Waals surface area contributed by atoms with Crippen LogP contribution < -0.4 is 10.5 Å². The molecule has 1 aliphatic heterocycles. The average Bonchev–Trinajstić information content (AvgIpc) is 3.14. The topological polar surface area (TPSA) is 88.4 Å². The molecule has 3 aromatic rings. The Bertz CT molecular complexity index is 1050. The first-order valence-electron chi connectivity index (χ1n) is 8.35. The number of aromatic hydroxyl groups is 2. The van der Waals surface area contributed by atoms with E-state index < -0.39 is 5.91 Å². The highest BCUT2D eigenvalue weighted by molar-refractivity contribution is 9.10. The molecule has 8 heteroatoms. The molecule has 4 rings (SSSR count). The Labute approximate surface area is 169 Å². The van der Waals surface area contributed by atoms with E-state index in [-0.39, 0.29) is 17.1 Å². The third-order valence-corrected chi connectivity index (χ3v) is 4.65. The number of nitrogens with zero attached hydrogens (tertiary/aromatic N) is 3. The number of nitrogens with one attached hydrogen (secondary N) is 1. The maximum absolute atomic E-state index is 13.1. The molecule has 1 heterocycles. The first kappa shape index (κ1) is 17.9. The molecule has 140 valence electrons. The molecular formula is C20H15BrN4O3. The molecule has 28 heavy (non-hydrogen) atoms. The van der Waals surface area contributed by atoms with Crippen molar-refractivity contribution >= 4 is 33.4 Å². The summed E-state index contributed by atoms with van der Waals surface area (Å²) in [6.07, 6.45) is 0. The van der Waals surface area contributed by atoms with E-state index >= 15 is 0 Å². The Hall–Kier alpha value is -3.52. The van der Waals surface area contributed by atoms with Gasteiger partial charge in [-0.25, -0.2) is 0 Å². The summed E-state index contributed by atoms with van der Waals surface area (Å²) in [4.78, 5) is 13.1. The number of para-hydroxylation sites is 1. The lowest BCUT2D eigenvalue weighted by molar-refractivity contribution is 0.0707. The van der Waals surface area contributed by atoms with Gasteiger partial charge in [-0.15, -0.1) is 15.3 Å². The number of carbonyl (C=O) groups is 1. The molecule has 7 nitrogen and oxygen atoms in total. The first-order chi connectivity index (χ1) is 13.5. The van der Waals surface area contributed by atoms with Crippen LogP contribution in [0.3, 0.4) is 0 Å². The molecule has 0 saturated carbocycles. The van der Waals surface area contributed by atoms with Gasteiger partial charge in [-0.3, -0.25) is 10.2 Å². The molecule has 0 spiro atoms. The van der Waals surface area contributed by atoms with Crippen molar-refractivity contribution in [2.45, 2.75) is 0 Å². The minimum absolute atomic E-state index is 0.122. The van der Waals surface area contributed by atoms with Crippen LogP contribution in [0.4, 0.5) is 5.69 Å². The van der Waals surface area contributed by atoms with Crippen molar-refractivity contribution in [3.05, 3.63) is 88.4 Å². The number of hydrogen-bond donors (Lipinski definition) is 3. The van der Waals surface area contributed by atoms with E-state index in [1.165, 1.54) is 34.5 Å². The molecule has 1 aliphatic rings. The number of amidine groups is 1. The van der Waals surface area contributed by atoms with E-state index in [9.17, 15) is 15.0 Å². The van der Waals surface area contributed by atoms with E-state index in [1.54, 1.807) is 36.4 Å². The Morgan fingerprint density at radius 1 is 0.929 bits per heavy atom. The average molecular weight is 439 g/mol. The van der Waals surface area contributed by atoms with Crippen LogP contribution in [0.1, 0.15) is 15.9 Å². The maximum atomic E-state index is 13.1. The molecule has 3 N–H and O–H groups in total. The van der Waals surface area contributed by atoms with Gasteiger partial charge in [-0.1, -0.05) is 28.1 Å². The summed E-state index contributed by atoms with van der Waals surface area (Å²) in [5.74, 6) is -0.0392. The van der Waals surface area contributed by atoms with Crippen molar-refractivity contribution in [1.29, 1.82) is 0 Å². The lowest BCUT2D eigenvalue weighted by Crippen LogP contribution is -2.48. The Balaban J connectivity index is 1.74. The lowest BCUT2D eigenvalue weighted by atomic mass is 10.2. The van der Waals surface area contributed by atoms with Gasteiger partial charge < -0.3 is 10.2 Å². The maximum Gasteiger partial charge on any atom is 0.297 e. The normalized spacial score (nSPS) is 13.2. The number of carbonyl (C=O) groups excluding carboxylic acids is 1. The third kappa shape index (κ3) is 3.37. The van der Waals surface area contributed by atoms with Crippen molar-refractivity contribution in [1.82, 2.24) is 10.5 Å². The van der Waals surface area contributed by atoms with Gasteiger partial charge in [0.05, 0.1) is 11.3 Å². The molecule has 3 aromatic carbocycles. The number of hydrazine groups is 2. The molecule has 0 bridgehead atoms. The number of rotatable bonds is 3. The van der Waals surface area contributed by atoms with E-state index in [0.29, 0.717) is 17.1 Å². The van der Waals surface area contributed by atoms with Gasteiger partial charge in [0.2, 0.25) is 0 Å². The number of phenols is 2. The van der Waals surface area contributed by atoms with Crippen LogP contribution in [-0.4, -0.2) is 27.1 Å². The number of halogens is 1. The van der Waals surface area contributed by atoms with Crippen LogP contribution in [0.15, 0.2) is 82.4 Å². The van der Waals surface area contributed by atoms with E-state index in [0.717, 1.165) is 4.47 Å². The quantitative estimate of drug-likeness (QED) is 0.581. The van der Waals surface area contributed by atoms with Crippen molar-refractivity contribution in [2.24, 2.45) is 5.10 Å². The van der Waals surface area contributed by atoms with Crippen molar-refractivity contribution in [3.63, 3.8) is 0 Å². The SMILES string of the molecule is O=C(c1ccccc1O)N1NC(c2ccc(O)cc2)=NN1c1ccc(Br)cc1. The summed E-state index contributed by atoms with van der Waals surface area (Å²) in [6.45, 7) is 0. The van der Waals surface area contributed by atoms with Gasteiger partial charge in [-0.05, 0) is 60.7 Å². The van der Waals surface area contributed by atoms with Gasteiger partial charge >= 0.3 is 0 Å². The zero-order valence-corrected chi connectivity index (χ0v) is 16.0. The Kier molecular flexibility index (Phi) is 4.62. The van der Waals surface area contributed by atoms with Crippen LogP contribution in [0.2, 0.25) is 0 Å². The predicted octanol–water partition coefficient (Wildman–Crippen LogP) is 3.60. The standard InChI is InChI=1S/C20H15BrN4O3/c21-14-7-9-15(10-8-14)24-22-19(13-5-11-16(26)12-6-13)23-25(24)20(28)17-3-1-2-4-18(17)27/h1-12,26-27H,(H,22,23). The van der Waals surface area contributed by atoms with Crippen LogP contribution in [0.5, 0.6) is 11.5 Å². The molecule has 0 saturated heterocycles. The largest absolute Gasteiger partial charge is 0.508 e. The fourth-order valence-electron chi connectivity index (χ4n) is 2.70. The highest BCUT2D eigenvalue weighted by Crippen LogP contribution is 2.26. The second-order valence-corrected chi connectivity index (χ2v) is 6.92. The van der Waals surface area contributed by atoms with Crippen LogP contribution in [0.25, 0.3) is 0 Å².